The van der Waals surface area contributed by atoms with Crippen LogP contribution >= 0.6 is 23.1 Å². The molecular formula is C12H15N3O2S2. The van der Waals surface area contributed by atoms with Crippen molar-refractivity contribution in [3.8, 4) is 0 Å². The SMILES string of the molecule is Cc1cn(C(C)(C)c2nccs2)c(SCC(=O)O)n1. The topological polar surface area (TPSA) is 68.0 Å². The predicted octanol–water partition coefficient (Wildman–Crippen LogP) is 2.61. The number of aliphatic carboxylic acids is 1. The fraction of sp³-hybridized carbons (Fsp3) is 0.417. The second-order valence-electron chi connectivity index (χ2n) is 4.61. The van der Waals surface area contributed by atoms with Crippen molar-refractivity contribution in [3.63, 3.8) is 0 Å². The van der Waals surface area contributed by atoms with Gasteiger partial charge in [0.2, 0.25) is 0 Å². The number of aryl methyl sites for hydroxylation is 1. The molecule has 0 aliphatic carbocycles. The number of carboxylic acid groups (broad SMARTS) is 1. The Morgan fingerprint density at radius 1 is 1.58 bits per heavy atom. The van der Waals surface area contributed by atoms with Crippen LogP contribution in [-0.2, 0) is 10.3 Å². The highest BCUT2D eigenvalue weighted by Gasteiger charge is 2.28. The summed E-state index contributed by atoms with van der Waals surface area (Å²) < 4.78 is 1.99. The first-order valence-electron chi connectivity index (χ1n) is 5.72. The Morgan fingerprint density at radius 3 is 2.89 bits per heavy atom. The van der Waals surface area contributed by atoms with Crippen molar-refractivity contribution in [1.82, 2.24) is 14.5 Å². The number of aromatic nitrogens is 3. The van der Waals surface area contributed by atoms with Crippen molar-refractivity contribution < 1.29 is 9.90 Å². The molecule has 0 unspecified atom stereocenters. The maximum Gasteiger partial charge on any atom is 0.313 e. The fourth-order valence-electron chi connectivity index (χ4n) is 1.73. The summed E-state index contributed by atoms with van der Waals surface area (Å²) in [7, 11) is 0. The van der Waals surface area contributed by atoms with Gasteiger partial charge in [0.25, 0.3) is 0 Å². The minimum Gasteiger partial charge on any atom is -0.481 e. The van der Waals surface area contributed by atoms with E-state index in [1.807, 2.05) is 23.1 Å². The molecule has 19 heavy (non-hydrogen) atoms. The van der Waals surface area contributed by atoms with Gasteiger partial charge in [-0.2, -0.15) is 0 Å². The van der Waals surface area contributed by atoms with Gasteiger partial charge in [0.1, 0.15) is 5.01 Å². The first kappa shape index (κ1) is 14.1. The maximum absolute atomic E-state index is 10.7. The molecule has 0 aromatic carbocycles. The average Bonchev–Trinajstić information content (AvgIpc) is 2.95. The molecule has 5 nitrogen and oxygen atoms in total. The highest BCUT2D eigenvalue weighted by Crippen LogP contribution is 2.32. The van der Waals surface area contributed by atoms with E-state index in [1.54, 1.807) is 17.5 Å². The second kappa shape index (κ2) is 5.34. The second-order valence-corrected chi connectivity index (χ2v) is 6.45. The summed E-state index contributed by atoms with van der Waals surface area (Å²) in [6.45, 7) is 6.01. The molecule has 0 saturated heterocycles. The van der Waals surface area contributed by atoms with Crippen LogP contribution in [0.3, 0.4) is 0 Å². The van der Waals surface area contributed by atoms with Gasteiger partial charge in [-0.05, 0) is 20.8 Å². The van der Waals surface area contributed by atoms with Gasteiger partial charge in [0.15, 0.2) is 5.16 Å². The molecule has 2 rings (SSSR count). The lowest BCUT2D eigenvalue weighted by atomic mass is 10.1. The maximum atomic E-state index is 10.7. The van der Waals surface area contributed by atoms with Gasteiger partial charge in [-0.25, -0.2) is 9.97 Å². The third-order valence-electron chi connectivity index (χ3n) is 2.68. The number of carbonyl (C=O) groups is 1. The highest BCUT2D eigenvalue weighted by atomic mass is 32.2. The molecule has 0 aliphatic rings. The van der Waals surface area contributed by atoms with Gasteiger partial charge in [0.05, 0.1) is 17.0 Å². The summed E-state index contributed by atoms with van der Waals surface area (Å²) >= 11 is 2.81. The molecule has 0 spiro atoms. The first-order chi connectivity index (χ1) is 8.91. The van der Waals surface area contributed by atoms with Crippen LogP contribution in [0.4, 0.5) is 0 Å². The molecule has 0 aliphatic heterocycles. The van der Waals surface area contributed by atoms with E-state index in [4.69, 9.17) is 5.11 Å². The van der Waals surface area contributed by atoms with E-state index in [2.05, 4.69) is 23.8 Å². The molecule has 2 heterocycles. The largest absolute Gasteiger partial charge is 0.481 e. The number of carboxylic acids is 1. The number of imidazole rings is 1. The third kappa shape index (κ3) is 2.98. The summed E-state index contributed by atoms with van der Waals surface area (Å²) in [4.78, 5) is 19.5. The van der Waals surface area contributed by atoms with Crippen LogP contribution in [-0.4, -0.2) is 31.4 Å². The number of thioether (sulfide) groups is 1. The van der Waals surface area contributed by atoms with Crippen molar-refractivity contribution in [2.24, 2.45) is 0 Å². The molecule has 0 fully saturated rings. The van der Waals surface area contributed by atoms with Crippen LogP contribution in [0.5, 0.6) is 0 Å². The fourth-order valence-corrected chi connectivity index (χ4v) is 3.37. The van der Waals surface area contributed by atoms with E-state index >= 15 is 0 Å². The lowest BCUT2D eigenvalue weighted by molar-refractivity contribution is -0.133. The molecule has 7 heteroatoms. The molecule has 0 bridgehead atoms. The van der Waals surface area contributed by atoms with Crippen molar-refractivity contribution >= 4 is 29.1 Å². The van der Waals surface area contributed by atoms with Gasteiger partial charge in [0, 0.05) is 17.8 Å². The van der Waals surface area contributed by atoms with Crippen LogP contribution in [0.25, 0.3) is 0 Å². The van der Waals surface area contributed by atoms with E-state index in [-0.39, 0.29) is 11.3 Å². The van der Waals surface area contributed by atoms with Crippen LogP contribution in [0.2, 0.25) is 0 Å². The smallest absolute Gasteiger partial charge is 0.313 e. The normalized spacial score (nSPS) is 11.7. The van der Waals surface area contributed by atoms with E-state index in [0.29, 0.717) is 5.16 Å². The molecule has 2 aromatic rings. The summed E-state index contributed by atoms with van der Waals surface area (Å²) in [6.07, 6.45) is 3.71. The lowest BCUT2D eigenvalue weighted by Crippen LogP contribution is -2.27. The number of rotatable bonds is 5. The predicted molar refractivity (Wildman–Crippen MR) is 75.9 cm³/mol. The Morgan fingerprint density at radius 2 is 2.32 bits per heavy atom. The van der Waals surface area contributed by atoms with Gasteiger partial charge in [-0.15, -0.1) is 11.3 Å². The minimum absolute atomic E-state index is 0.00437. The Balaban J connectivity index is 2.36. The quantitative estimate of drug-likeness (QED) is 0.859. The summed E-state index contributed by atoms with van der Waals surface area (Å²) in [5.74, 6) is -0.839. The van der Waals surface area contributed by atoms with E-state index in [0.717, 1.165) is 10.7 Å². The number of hydrogen-bond acceptors (Lipinski definition) is 5. The molecular weight excluding hydrogens is 282 g/mol. The van der Waals surface area contributed by atoms with Crippen molar-refractivity contribution in [1.29, 1.82) is 0 Å². The molecule has 0 saturated carbocycles. The summed E-state index contributed by atoms with van der Waals surface area (Å²) in [6, 6.07) is 0. The van der Waals surface area contributed by atoms with Gasteiger partial charge in [-0.1, -0.05) is 11.8 Å². The minimum atomic E-state index is -0.843. The molecule has 102 valence electrons. The Hall–Kier alpha value is -1.34. The van der Waals surface area contributed by atoms with Crippen molar-refractivity contribution in [2.45, 2.75) is 31.5 Å². The van der Waals surface area contributed by atoms with Crippen LogP contribution < -0.4 is 0 Å². The van der Waals surface area contributed by atoms with Crippen molar-refractivity contribution in [2.75, 3.05) is 5.75 Å². The molecule has 0 radical (unpaired) electrons. The molecule has 1 N–H and O–H groups in total. The standard InChI is InChI=1S/C12H15N3O2S2/c1-8-6-15(11(14-8)19-7-9(16)17)12(2,3)10-13-4-5-18-10/h4-6H,7H2,1-3H3,(H,16,17). The third-order valence-corrected chi connectivity index (χ3v) is 4.70. The van der Waals surface area contributed by atoms with Gasteiger partial charge >= 0.3 is 5.97 Å². The Labute approximate surface area is 119 Å². The van der Waals surface area contributed by atoms with Gasteiger partial charge in [-0.3, -0.25) is 4.79 Å². The Bertz CT molecular complexity index is 576. The molecule has 0 amide bonds. The molecule has 0 atom stereocenters. The zero-order valence-electron chi connectivity index (χ0n) is 11.0. The first-order valence-corrected chi connectivity index (χ1v) is 7.59. The summed E-state index contributed by atoms with van der Waals surface area (Å²) in [5, 5.41) is 12.4. The Kier molecular flexibility index (Phi) is 3.96. The van der Waals surface area contributed by atoms with Crippen LogP contribution in [0, 0.1) is 6.92 Å². The monoisotopic (exact) mass is 297 g/mol. The average molecular weight is 297 g/mol. The lowest BCUT2D eigenvalue weighted by Gasteiger charge is -2.25. The zero-order chi connectivity index (χ0) is 14.0. The highest BCUT2D eigenvalue weighted by molar-refractivity contribution is 7.99. The van der Waals surface area contributed by atoms with E-state index in [1.165, 1.54) is 11.8 Å². The summed E-state index contributed by atoms with van der Waals surface area (Å²) in [5.41, 5.74) is 0.536. The van der Waals surface area contributed by atoms with Crippen LogP contribution in [0.1, 0.15) is 24.5 Å². The van der Waals surface area contributed by atoms with E-state index in [9.17, 15) is 4.79 Å². The number of hydrogen-bond donors (Lipinski definition) is 1. The van der Waals surface area contributed by atoms with Crippen LogP contribution in [0.15, 0.2) is 22.9 Å². The van der Waals surface area contributed by atoms with Gasteiger partial charge < -0.3 is 9.67 Å². The van der Waals surface area contributed by atoms with Crippen molar-refractivity contribution in [3.05, 3.63) is 28.5 Å². The zero-order valence-corrected chi connectivity index (χ0v) is 12.6. The number of nitrogens with zero attached hydrogens (tertiary/aromatic N) is 3. The number of thiazole rings is 1. The van der Waals surface area contributed by atoms with E-state index < -0.39 is 5.97 Å². The molecule has 2 aromatic heterocycles.